The van der Waals surface area contributed by atoms with Crippen LogP contribution < -0.4 is 0 Å². The van der Waals surface area contributed by atoms with Gasteiger partial charge in [-0.1, -0.05) is 28.1 Å². The van der Waals surface area contributed by atoms with Crippen LogP contribution in [-0.4, -0.2) is 17.4 Å². The van der Waals surface area contributed by atoms with Crippen molar-refractivity contribution >= 4 is 21.8 Å². The van der Waals surface area contributed by atoms with Crippen molar-refractivity contribution in [2.45, 2.75) is 19.4 Å². The van der Waals surface area contributed by atoms with Gasteiger partial charge in [-0.05, 0) is 36.5 Å². The van der Waals surface area contributed by atoms with Crippen molar-refractivity contribution in [1.29, 1.82) is 0 Å². The van der Waals surface area contributed by atoms with Crippen LogP contribution in [0.25, 0.3) is 0 Å². The molecule has 2 bridgehead atoms. The molecule has 2 heterocycles. The Labute approximate surface area is 104 Å². The molecule has 1 aliphatic carbocycles. The van der Waals surface area contributed by atoms with E-state index in [0.29, 0.717) is 11.8 Å². The van der Waals surface area contributed by atoms with Gasteiger partial charge < -0.3 is 4.90 Å². The zero-order chi connectivity index (χ0) is 11.1. The maximum Gasteiger partial charge on any atom is 0.226 e. The van der Waals surface area contributed by atoms with Gasteiger partial charge in [-0.3, -0.25) is 4.79 Å². The van der Waals surface area contributed by atoms with Crippen molar-refractivity contribution in [3.63, 3.8) is 0 Å². The molecular weight excluding hydrogens is 266 g/mol. The van der Waals surface area contributed by atoms with E-state index in [1.807, 2.05) is 17.0 Å². The first-order chi connectivity index (χ1) is 7.72. The van der Waals surface area contributed by atoms with E-state index in [-0.39, 0.29) is 0 Å². The molecule has 4 rings (SSSR count). The molecule has 1 aromatic rings. The number of hydrogen-bond donors (Lipinski definition) is 0. The van der Waals surface area contributed by atoms with Crippen LogP contribution in [-0.2, 0) is 11.3 Å². The van der Waals surface area contributed by atoms with Crippen LogP contribution in [0.5, 0.6) is 0 Å². The summed E-state index contributed by atoms with van der Waals surface area (Å²) in [5.74, 6) is 1.48. The first kappa shape index (κ1) is 10.3. The summed E-state index contributed by atoms with van der Waals surface area (Å²) in [7, 11) is 0. The third kappa shape index (κ3) is 1.77. The summed E-state index contributed by atoms with van der Waals surface area (Å²) in [4.78, 5) is 14.0. The van der Waals surface area contributed by atoms with Gasteiger partial charge >= 0.3 is 0 Å². The lowest BCUT2D eigenvalue weighted by molar-refractivity contribution is -0.149. The zero-order valence-corrected chi connectivity index (χ0v) is 10.6. The molecule has 0 atom stereocenters. The van der Waals surface area contributed by atoms with E-state index in [1.54, 1.807) is 0 Å². The second-order valence-corrected chi connectivity index (χ2v) is 5.80. The van der Waals surface area contributed by atoms with Gasteiger partial charge in [0, 0.05) is 23.5 Å². The van der Waals surface area contributed by atoms with E-state index in [0.717, 1.165) is 36.3 Å². The first-order valence-electron chi connectivity index (χ1n) is 5.75. The Morgan fingerprint density at radius 2 is 1.94 bits per heavy atom. The quantitative estimate of drug-likeness (QED) is 0.815. The summed E-state index contributed by atoms with van der Waals surface area (Å²) < 4.78 is 1.09. The summed E-state index contributed by atoms with van der Waals surface area (Å²) in [5.41, 5.74) is 1.22. The van der Waals surface area contributed by atoms with Gasteiger partial charge in [-0.25, -0.2) is 0 Å². The second kappa shape index (κ2) is 3.88. The Balaban J connectivity index is 1.70. The largest absolute Gasteiger partial charge is 0.338 e. The number of hydrogen-bond acceptors (Lipinski definition) is 1. The number of rotatable bonds is 2. The molecule has 16 heavy (non-hydrogen) atoms. The third-order valence-electron chi connectivity index (χ3n) is 3.66. The van der Waals surface area contributed by atoms with E-state index in [4.69, 9.17) is 0 Å². The predicted octanol–water partition coefficient (Wildman–Crippen LogP) is 2.82. The summed E-state index contributed by atoms with van der Waals surface area (Å²) in [6.07, 6.45) is 2.27. The van der Waals surface area contributed by atoms with Crippen molar-refractivity contribution in [3.8, 4) is 0 Å². The molecule has 3 aliphatic rings. The van der Waals surface area contributed by atoms with Crippen molar-refractivity contribution in [1.82, 2.24) is 4.90 Å². The molecule has 0 N–H and O–H groups in total. The Bertz CT molecular complexity index is 408. The van der Waals surface area contributed by atoms with Crippen molar-refractivity contribution in [2.24, 2.45) is 11.8 Å². The molecule has 1 aromatic carbocycles. The lowest BCUT2D eigenvalue weighted by Crippen LogP contribution is -2.52. The minimum absolute atomic E-state index is 0.342. The lowest BCUT2D eigenvalue weighted by atomic mass is 9.70. The highest BCUT2D eigenvalue weighted by atomic mass is 79.9. The lowest BCUT2D eigenvalue weighted by Gasteiger charge is -2.46. The Kier molecular flexibility index (Phi) is 2.51. The molecule has 0 spiro atoms. The molecule has 3 heteroatoms. The summed E-state index contributed by atoms with van der Waals surface area (Å²) in [6, 6.07) is 8.23. The highest BCUT2D eigenvalue weighted by Gasteiger charge is 2.43. The van der Waals surface area contributed by atoms with Crippen molar-refractivity contribution < 1.29 is 4.79 Å². The average molecular weight is 280 g/mol. The predicted molar refractivity (Wildman–Crippen MR) is 65.8 cm³/mol. The number of nitrogens with zero attached hydrogens (tertiary/aromatic N) is 1. The fourth-order valence-electron chi connectivity index (χ4n) is 2.70. The van der Waals surface area contributed by atoms with Gasteiger partial charge in [-0.15, -0.1) is 0 Å². The van der Waals surface area contributed by atoms with Crippen LogP contribution in [0, 0.1) is 11.8 Å². The first-order valence-corrected chi connectivity index (χ1v) is 6.55. The minimum atomic E-state index is 0.342. The van der Waals surface area contributed by atoms with Gasteiger partial charge in [-0.2, -0.15) is 0 Å². The van der Waals surface area contributed by atoms with Crippen LogP contribution in [0.1, 0.15) is 18.4 Å². The maximum absolute atomic E-state index is 12.0. The topological polar surface area (TPSA) is 20.3 Å². The highest BCUT2D eigenvalue weighted by molar-refractivity contribution is 9.10. The summed E-state index contributed by atoms with van der Waals surface area (Å²) in [6.45, 7) is 1.74. The van der Waals surface area contributed by atoms with Crippen LogP contribution >= 0.6 is 15.9 Å². The van der Waals surface area contributed by atoms with E-state index in [9.17, 15) is 4.79 Å². The SMILES string of the molecule is O=C1C2CC(C2)CN1Cc1ccc(Br)cc1. The number of amides is 1. The molecule has 0 radical (unpaired) electrons. The monoisotopic (exact) mass is 279 g/mol. The molecular formula is C13H14BrNO. The third-order valence-corrected chi connectivity index (χ3v) is 4.19. The summed E-state index contributed by atoms with van der Waals surface area (Å²) in [5, 5.41) is 0. The van der Waals surface area contributed by atoms with Gasteiger partial charge in [0.15, 0.2) is 0 Å². The Morgan fingerprint density at radius 1 is 1.25 bits per heavy atom. The summed E-state index contributed by atoms with van der Waals surface area (Å²) >= 11 is 3.42. The number of benzene rings is 1. The zero-order valence-electron chi connectivity index (χ0n) is 9.03. The number of carbonyl (C=O) groups is 1. The smallest absolute Gasteiger partial charge is 0.226 e. The fraction of sp³-hybridized carbons (Fsp3) is 0.462. The van der Waals surface area contributed by atoms with Gasteiger partial charge in [0.2, 0.25) is 5.91 Å². The minimum Gasteiger partial charge on any atom is -0.338 e. The van der Waals surface area contributed by atoms with Gasteiger partial charge in [0.1, 0.15) is 0 Å². The molecule has 3 fully saturated rings. The normalized spacial score (nSPS) is 27.8. The van der Waals surface area contributed by atoms with Gasteiger partial charge in [0.25, 0.3) is 0 Å². The van der Waals surface area contributed by atoms with E-state index in [1.165, 1.54) is 5.56 Å². The van der Waals surface area contributed by atoms with Gasteiger partial charge in [0.05, 0.1) is 0 Å². The second-order valence-electron chi connectivity index (χ2n) is 4.88. The van der Waals surface area contributed by atoms with Crippen molar-refractivity contribution in [2.75, 3.05) is 6.54 Å². The number of halogens is 1. The molecule has 2 saturated heterocycles. The van der Waals surface area contributed by atoms with Crippen LogP contribution in [0.2, 0.25) is 0 Å². The molecule has 0 unspecified atom stereocenters. The Hall–Kier alpha value is -0.830. The highest BCUT2D eigenvalue weighted by Crippen LogP contribution is 2.40. The molecule has 1 saturated carbocycles. The number of fused-ring (bicyclic) bond motifs is 2. The average Bonchev–Trinajstić information content (AvgIpc) is 2.22. The van der Waals surface area contributed by atoms with E-state index in [2.05, 4.69) is 28.1 Å². The molecule has 2 aliphatic heterocycles. The standard InChI is InChI=1S/C13H14BrNO/c14-12-3-1-9(2-4-12)7-15-8-10-5-11(6-10)13(15)16/h1-4,10-11H,5-8H2. The number of carbonyl (C=O) groups excluding carboxylic acids is 1. The van der Waals surface area contributed by atoms with Crippen LogP contribution in [0.3, 0.4) is 0 Å². The molecule has 0 aromatic heterocycles. The van der Waals surface area contributed by atoms with Crippen LogP contribution in [0.4, 0.5) is 0 Å². The fourth-order valence-corrected chi connectivity index (χ4v) is 2.96. The van der Waals surface area contributed by atoms with Crippen LogP contribution in [0.15, 0.2) is 28.7 Å². The molecule has 1 amide bonds. The molecule has 2 nitrogen and oxygen atoms in total. The Morgan fingerprint density at radius 3 is 2.56 bits per heavy atom. The van der Waals surface area contributed by atoms with E-state index >= 15 is 0 Å². The van der Waals surface area contributed by atoms with Crippen molar-refractivity contribution in [3.05, 3.63) is 34.3 Å². The maximum atomic E-state index is 12.0. The van der Waals surface area contributed by atoms with E-state index < -0.39 is 0 Å². The molecule has 84 valence electrons. The number of piperidine rings is 2.